The minimum atomic E-state index is -0.176. The number of hydrogen-bond acceptors (Lipinski definition) is 6. The van der Waals surface area contributed by atoms with Crippen LogP contribution in [-0.2, 0) is 18.3 Å². The van der Waals surface area contributed by atoms with Gasteiger partial charge in [0.25, 0.3) is 5.56 Å². The van der Waals surface area contributed by atoms with Crippen molar-refractivity contribution in [1.82, 2.24) is 14.7 Å². The van der Waals surface area contributed by atoms with Gasteiger partial charge in [-0.05, 0) is 22.0 Å². The van der Waals surface area contributed by atoms with Gasteiger partial charge in [-0.1, -0.05) is 18.2 Å². The molecule has 0 spiro atoms. The van der Waals surface area contributed by atoms with Gasteiger partial charge >= 0.3 is 0 Å². The fourth-order valence-corrected chi connectivity index (χ4v) is 3.22. The minimum absolute atomic E-state index is 0.176. The van der Waals surface area contributed by atoms with Crippen LogP contribution in [0.5, 0.6) is 5.75 Å². The summed E-state index contributed by atoms with van der Waals surface area (Å²) < 4.78 is 13.1. The third-order valence-electron chi connectivity index (χ3n) is 4.29. The van der Waals surface area contributed by atoms with Crippen LogP contribution in [0.1, 0.15) is 5.56 Å². The van der Waals surface area contributed by atoms with Crippen molar-refractivity contribution in [3.05, 3.63) is 50.9 Å². The molecule has 1 aromatic heterocycles. The molecular weight excluding hydrogens is 400 g/mol. The molecule has 0 radical (unpaired) electrons. The molecule has 2 heterocycles. The van der Waals surface area contributed by atoms with Gasteiger partial charge in [0, 0.05) is 38.8 Å². The largest absolute Gasteiger partial charge is 0.492 e. The van der Waals surface area contributed by atoms with Crippen molar-refractivity contribution in [2.45, 2.75) is 6.54 Å². The number of nitrogens with zero attached hydrogens (tertiary/aromatic N) is 3. The summed E-state index contributed by atoms with van der Waals surface area (Å²) in [7, 11) is 1.62. The van der Waals surface area contributed by atoms with Crippen molar-refractivity contribution in [1.29, 1.82) is 0 Å². The first-order valence-electron chi connectivity index (χ1n) is 8.61. The van der Waals surface area contributed by atoms with Gasteiger partial charge in [-0.15, -0.1) is 0 Å². The van der Waals surface area contributed by atoms with E-state index in [0.29, 0.717) is 23.3 Å². The first-order chi connectivity index (χ1) is 12.6. The van der Waals surface area contributed by atoms with Gasteiger partial charge in [-0.25, -0.2) is 4.68 Å². The molecule has 26 heavy (non-hydrogen) atoms. The van der Waals surface area contributed by atoms with E-state index in [1.807, 2.05) is 24.3 Å². The van der Waals surface area contributed by atoms with E-state index in [2.05, 4.69) is 31.2 Å². The maximum atomic E-state index is 11.9. The molecule has 0 unspecified atom stereocenters. The fourth-order valence-electron chi connectivity index (χ4n) is 2.72. The molecule has 0 atom stereocenters. The maximum absolute atomic E-state index is 11.9. The average molecular weight is 423 g/mol. The second-order valence-corrected chi connectivity index (χ2v) is 6.86. The zero-order valence-corrected chi connectivity index (χ0v) is 16.4. The van der Waals surface area contributed by atoms with E-state index in [1.165, 1.54) is 4.68 Å². The molecular formula is C18H23BrN4O3. The van der Waals surface area contributed by atoms with Crippen molar-refractivity contribution in [2.24, 2.45) is 7.05 Å². The zero-order valence-electron chi connectivity index (χ0n) is 14.8. The predicted octanol–water partition coefficient (Wildman–Crippen LogP) is 1.87. The van der Waals surface area contributed by atoms with Crippen LogP contribution < -0.4 is 15.6 Å². The highest BCUT2D eigenvalue weighted by atomic mass is 79.9. The van der Waals surface area contributed by atoms with Crippen LogP contribution in [0, 0.1) is 0 Å². The first-order valence-corrected chi connectivity index (χ1v) is 9.41. The smallest absolute Gasteiger partial charge is 0.282 e. The number of benzene rings is 1. The molecule has 1 fully saturated rings. The number of morpholine rings is 1. The van der Waals surface area contributed by atoms with Gasteiger partial charge in [-0.2, -0.15) is 5.10 Å². The van der Waals surface area contributed by atoms with Gasteiger partial charge in [0.1, 0.15) is 16.8 Å². The highest BCUT2D eigenvalue weighted by molar-refractivity contribution is 9.10. The Labute approximate surface area is 161 Å². The Balaban J connectivity index is 1.58. The van der Waals surface area contributed by atoms with Crippen LogP contribution in [0.4, 0.5) is 5.69 Å². The summed E-state index contributed by atoms with van der Waals surface area (Å²) in [6, 6.07) is 7.92. The number of anilines is 1. The fraction of sp³-hybridized carbons (Fsp3) is 0.444. The summed E-state index contributed by atoms with van der Waals surface area (Å²) in [5.74, 6) is 0.848. The van der Waals surface area contributed by atoms with E-state index in [0.717, 1.165) is 44.2 Å². The summed E-state index contributed by atoms with van der Waals surface area (Å²) in [6.07, 6.45) is 1.63. The molecule has 0 aliphatic carbocycles. The summed E-state index contributed by atoms with van der Waals surface area (Å²) in [6.45, 7) is 5.55. The molecule has 2 aromatic rings. The molecule has 8 heteroatoms. The van der Waals surface area contributed by atoms with Crippen LogP contribution >= 0.6 is 15.9 Å². The van der Waals surface area contributed by atoms with Crippen molar-refractivity contribution in [2.75, 3.05) is 44.8 Å². The highest BCUT2D eigenvalue weighted by Gasteiger charge is 2.11. The number of hydrogen-bond donors (Lipinski definition) is 1. The monoisotopic (exact) mass is 422 g/mol. The molecule has 0 bridgehead atoms. The van der Waals surface area contributed by atoms with Crippen LogP contribution in [0.2, 0.25) is 0 Å². The molecule has 1 N–H and O–H groups in total. The maximum Gasteiger partial charge on any atom is 0.282 e. The van der Waals surface area contributed by atoms with Gasteiger partial charge in [-0.3, -0.25) is 9.69 Å². The normalized spacial score (nSPS) is 15.0. The Kier molecular flexibility index (Phi) is 6.65. The number of halogens is 1. The lowest BCUT2D eigenvalue weighted by atomic mass is 10.2. The first kappa shape index (κ1) is 18.9. The summed E-state index contributed by atoms with van der Waals surface area (Å²) in [5.41, 5.74) is 1.52. The Morgan fingerprint density at radius 2 is 2.08 bits per heavy atom. The number of ether oxygens (including phenoxy) is 2. The highest BCUT2D eigenvalue weighted by Crippen LogP contribution is 2.22. The Morgan fingerprint density at radius 3 is 2.88 bits per heavy atom. The molecule has 1 aromatic carbocycles. The average Bonchev–Trinajstić information content (AvgIpc) is 2.67. The lowest BCUT2D eigenvalue weighted by Crippen LogP contribution is -2.38. The second kappa shape index (κ2) is 9.16. The minimum Gasteiger partial charge on any atom is -0.492 e. The summed E-state index contributed by atoms with van der Waals surface area (Å²) in [4.78, 5) is 14.3. The third-order valence-corrected chi connectivity index (χ3v) is 5.06. The Hall–Kier alpha value is -1.90. The Bertz CT molecular complexity index is 790. The quantitative estimate of drug-likeness (QED) is 0.734. The molecule has 1 aliphatic heterocycles. The number of rotatable bonds is 7. The van der Waals surface area contributed by atoms with Crippen LogP contribution in [-0.4, -0.2) is 54.1 Å². The topological polar surface area (TPSA) is 68.6 Å². The summed E-state index contributed by atoms with van der Waals surface area (Å²) >= 11 is 3.33. The lowest BCUT2D eigenvalue weighted by Gasteiger charge is -2.26. The summed E-state index contributed by atoms with van der Waals surface area (Å²) in [5, 5.41) is 7.29. The number of nitrogens with one attached hydrogen (secondary N) is 1. The molecule has 7 nitrogen and oxygen atoms in total. The van der Waals surface area contributed by atoms with Crippen molar-refractivity contribution in [3.63, 3.8) is 0 Å². The molecule has 1 saturated heterocycles. The van der Waals surface area contributed by atoms with Crippen molar-refractivity contribution in [3.8, 4) is 5.75 Å². The number of aryl methyl sites for hydroxylation is 1. The van der Waals surface area contributed by atoms with Gasteiger partial charge in [0.2, 0.25) is 0 Å². The molecule has 0 amide bonds. The van der Waals surface area contributed by atoms with Crippen molar-refractivity contribution < 1.29 is 9.47 Å². The van der Waals surface area contributed by atoms with Crippen LogP contribution in [0.15, 0.2) is 39.7 Å². The van der Waals surface area contributed by atoms with Crippen LogP contribution in [0.25, 0.3) is 0 Å². The number of aromatic nitrogens is 2. The number of para-hydroxylation sites is 1. The Morgan fingerprint density at radius 1 is 1.31 bits per heavy atom. The zero-order chi connectivity index (χ0) is 18.4. The van der Waals surface area contributed by atoms with Gasteiger partial charge in [0.15, 0.2) is 0 Å². The van der Waals surface area contributed by atoms with E-state index in [4.69, 9.17) is 9.47 Å². The van der Waals surface area contributed by atoms with Crippen LogP contribution in [0.3, 0.4) is 0 Å². The SMILES string of the molecule is Cn1ncc(NCc2ccccc2OCCN2CCOCC2)c(Br)c1=O. The molecule has 1 aliphatic rings. The molecule has 3 rings (SSSR count). The second-order valence-electron chi connectivity index (χ2n) is 6.06. The van der Waals surface area contributed by atoms with Gasteiger partial charge in [0.05, 0.1) is 25.1 Å². The molecule has 0 saturated carbocycles. The lowest BCUT2D eigenvalue weighted by molar-refractivity contribution is 0.0322. The van der Waals surface area contributed by atoms with Crippen molar-refractivity contribution >= 4 is 21.6 Å². The van der Waals surface area contributed by atoms with Gasteiger partial charge < -0.3 is 14.8 Å². The predicted molar refractivity (Wildman–Crippen MR) is 104 cm³/mol. The van der Waals surface area contributed by atoms with E-state index in [-0.39, 0.29) is 5.56 Å². The van der Waals surface area contributed by atoms with E-state index < -0.39 is 0 Å². The van der Waals surface area contributed by atoms with E-state index in [9.17, 15) is 4.79 Å². The standard InChI is InChI=1S/C18H23BrN4O3/c1-22-18(24)17(19)15(13-21-22)20-12-14-4-2-3-5-16(14)26-11-8-23-6-9-25-10-7-23/h2-5,13,20H,6-12H2,1H3. The van der Waals surface area contributed by atoms with E-state index in [1.54, 1.807) is 13.2 Å². The van der Waals surface area contributed by atoms with E-state index >= 15 is 0 Å². The third kappa shape index (κ3) is 4.84. The molecule has 140 valence electrons.